The van der Waals surface area contributed by atoms with E-state index in [9.17, 15) is 9.59 Å². The highest BCUT2D eigenvalue weighted by Gasteiger charge is 2.24. The number of methoxy groups -OCH3 is 1. The fourth-order valence-electron chi connectivity index (χ4n) is 2.55. The molecule has 1 atom stereocenters. The van der Waals surface area contributed by atoms with E-state index in [1.54, 1.807) is 19.2 Å². The number of hydrogen-bond acceptors (Lipinski definition) is 5. The molecule has 120 valence electrons. The van der Waals surface area contributed by atoms with Crippen molar-refractivity contribution in [1.82, 2.24) is 0 Å². The molecule has 0 bridgehead atoms. The second-order valence-electron chi connectivity index (χ2n) is 5.36. The van der Waals surface area contributed by atoms with Gasteiger partial charge in [-0.05, 0) is 37.1 Å². The van der Waals surface area contributed by atoms with Crippen molar-refractivity contribution in [3.8, 4) is 0 Å². The summed E-state index contributed by atoms with van der Waals surface area (Å²) in [6.45, 7) is 2.14. The molecule has 1 fully saturated rings. The second kappa shape index (κ2) is 7.79. The molecule has 1 amide bonds. The van der Waals surface area contributed by atoms with Gasteiger partial charge in [0.2, 0.25) is 5.91 Å². The normalized spacial score (nSPS) is 18.0. The molecule has 22 heavy (non-hydrogen) atoms. The summed E-state index contributed by atoms with van der Waals surface area (Å²) in [7, 11) is 1.56. The fraction of sp³-hybridized carbons (Fsp3) is 0.500. The van der Waals surface area contributed by atoms with Gasteiger partial charge >= 0.3 is 5.97 Å². The Hall–Kier alpha value is -2.08. The van der Waals surface area contributed by atoms with E-state index in [4.69, 9.17) is 15.2 Å². The van der Waals surface area contributed by atoms with Gasteiger partial charge in [-0.3, -0.25) is 4.79 Å². The van der Waals surface area contributed by atoms with Crippen molar-refractivity contribution in [3.63, 3.8) is 0 Å². The molecule has 0 aromatic heterocycles. The summed E-state index contributed by atoms with van der Waals surface area (Å²) >= 11 is 0. The van der Waals surface area contributed by atoms with Gasteiger partial charge in [0.1, 0.15) is 6.61 Å². The molecule has 0 saturated carbocycles. The maximum atomic E-state index is 11.8. The first kappa shape index (κ1) is 16.3. The van der Waals surface area contributed by atoms with Crippen molar-refractivity contribution in [2.75, 3.05) is 38.3 Å². The van der Waals surface area contributed by atoms with Gasteiger partial charge in [0.15, 0.2) is 0 Å². The third kappa shape index (κ3) is 4.21. The predicted molar refractivity (Wildman–Crippen MR) is 82.7 cm³/mol. The van der Waals surface area contributed by atoms with Gasteiger partial charge in [-0.25, -0.2) is 4.79 Å². The highest BCUT2D eigenvalue weighted by molar-refractivity contribution is 5.89. The van der Waals surface area contributed by atoms with Crippen molar-refractivity contribution in [1.29, 1.82) is 0 Å². The summed E-state index contributed by atoms with van der Waals surface area (Å²) in [6.07, 6.45) is 1.78. The van der Waals surface area contributed by atoms with E-state index in [1.165, 1.54) is 0 Å². The number of piperidine rings is 1. The Bertz CT molecular complexity index is 515. The van der Waals surface area contributed by atoms with Crippen LogP contribution in [-0.2, 0) is 14.3 Å². The lowest BCUT2D eigenvalue weighted by Gasteiger charge is -2.33. The predicted octanol–water partition coefficient (Wildman–Crippen LogP) is 1.19. The van der Waals surface area contributed by atoms with Crippen LogP contribution in [0.1, 0.15) is 23.2 Å². The maximum Gasteiger partial charge on any atom is 0.338 e. The number of amides is 1. The molecule has 2 rings (SSSR count). The number of rotatable bonds is 6. The number of ether oxygens (including phenoxy) is 2. The molecule has 0 aliphatic carbocycles. The summed E-state index contributed by atoms with van der Waals surface area (Å²) in [6, 6.07) is 7.21. The Morgan fingerprint density at radius 3 is 2.64 bits per heavy atom. The molecule has 1 aromatic rings. The SMILES string of the molecule is COCCOC(=O)c1ccc(N2CCC[C@@H](C(N)=O)C2)cc1. The van der Waals surface area contributed by atoms with E-state index in [1.807, 2.05) is 12.1 Å². The topological polar surface area (TPSA) is 81.9 Å². The number of anilines is 1. The number of carbonyl (C=O) groups is 2. The molecule has 1 aromatic carbocycles. The molecule has 6 nitrogen and oxygen atoms in total. The number of primary amides is 1. The fourth-order valence-corrected chi connectivity index (χ4v) is 2.55. The number of benzene rings is 1. The van der Waals surface area contributed by atoms with E-state index >= 15 is 0 Å². The lowest BCUT2D eigenvalue weighted by molar-refractivity contribution is -0.122. The van der Waals surface area contributed by atoms with E-state index < -0.39 is 0 Å². The van der Waals surface area contributed by atoms with Crippen LogP contribution in [0.2, 0.25) is 0 Å². The Labute approximate surface area is 130 Å². The van der Waals surface area contributed by atoms with Crippen LogP contribution in [0.25, 0.3) is 0 Å². The zero-order valence-corrected chi connectivity index (χ0v) is 12.8. The average Bonchev–Trinajstić information content (AvgIpc) is 2.55. The van der Waals surface area contributed by atoms with Crippen LogP contribution in [0.15, 0.2) is 24.3 Å². The second-order valence-corrected chi connectivity index (χ2v) is 5.36. The molecule has 0 spiro atoms. The monoisotopic (exact) mass is 306 g/mol. The maximum absolute atomic E-state index is 11.8. The molecule has 1 aliphatic rings. The molecule has 1 saturated heterocycles. The molecule has 6 heteroatoms. The van der Waals surface area contributed by atoms with Gasteiger partial charge in [-0.2, -0.15) is 0 Å². The minimum Gasteiger partial charge on any atom is -0.460 e. The van der Waals surface area contributed by atoms with Crippen LogP contribution < -0.4 is 10.6 Å². The van der Waals surface area contributed by atoms with E-state index in [0.29, 0.717) is 18.7 Å². The van der Waals surface area contributed by atoms with Crippen molar-refractivity contribution in [2.45, 2.75) is 12.8 Å². The quantitative estimate of drug-likeness (QED) is 0.630. The first-order chi connectivity index (χ1) is 10.6. The summed E-state index contributed by atoms with van der Waals surface area (Å²) in [4.78, 5) is 25.2. The lowest BCUT2D eigenvalue weighted by atomic mass is 9.97. The van der Waals surface area contributed by atoms with E-state index in [2.05, 4.69) is 4.90 Å². The molecular formula is C16H22N2O4. The summed E-state index contributed by atoms with van der Waals surface area (Å²) in [5.74, 6) is -0.715. The average molecular weight is 306 g/mol. The van der Waals surface area contributed by atoms with Crippen molar-refractivity contribution in [2.24, 2.45) is 11.7 Å². The highest BCUT2D eigenvalue weighted by atomic mass is 16.6. The molecule has 1 aliphatic heterocycles. The summed E-state index contributed by atoms with van der Waals surface area (Å²) in [5.41, 5.74) is 6.88. The van der Waals surface area contributed by atoms with Gasteiger partial charge in [0.25, 0.3) is 0 Å². The zero-order valence-electron chi connectivity index (χ0n) is 12.8. The zero-order chi connectivity index (χ0) is 15.9. The third-order valence-corrected chi connectivity index (χ3v) is 3.81. The van der Waals surface area contributed by atoms with Crippen molar-refractivity contribution >= 4 is 17.6 Å². The highest BCUT2D eigenvalue weighted by Crippen LogP contribution is 2.23. The molecule has 0 unspecified atom stereocenters. The molecule has 1 heterocycles. The largest absolute Gasteiger partial charge is 0.460 e. The number of carbonyl (C=O) groups excluding carboxylic acids is 2. The lowest BCUT2D eigenvalue weighted by Crippen LogP contribution is -2.41. The first-order valence-corrected chi connectivity index (χ1v) is 7.42. The smallest absolute Gasteiger partial charge is 0.338 e. The Kier molecular flexibility index (Phi) is 5.77. The van der Waals surface area contributed by atoms with Crippen LogP contribution in [0.5, 0.6) is 0 Å². The Morgan fingerprint density at radius 1 is 1.27 bits per heavy atom. The number of esters is 1. The minimum atomic E-state index is -0.364. The number of nitrogens with two attached hydrogens (primary N) is 1. The van der Waals surface area contributed by atoms with Gasteiger partial charge in [-0.15, -0.1) is 0 Å². The van der Waals surface area contributed by atoms with Crippen LogP contribution >= 0.6 is 0 Å². The summed E-state index contributed by atoms with van der Waals surface area (Å²) in [5, 5.41) is 0. The van der Waals surface area contributed by atoms with Crippen LogP contribution in [0.4, 0.5) is 5.69 Å². The van der Waals surface area contributed by atoms with Gasteiger partial charge in [-0.1, -0.05) is 0 Å². The van der Waals surface area contributed by atoms with Gasteiger partial charge in [0.05, 0.1) is 18.1 Å². The standard InChI is InChI=1S/C16H22N2O4/c1-21-9-10-22-16(20)12-4-6-14(7-5-12)18-8-2-3-13(11-18)15(17)19/h4-7,13H,2-3,8-11H2,1H3,(H2,17,19)/t13-/m1/s1. The number of hydrogen-bond donors (Lipinski definition) is 1. The van der Waals surface area contributed by atoms with E-state index in [-0.39, 0.29) is 24.4 Å². The Morgan fingerprint density at radius 2 is 2.00 bits per heavy atom. The van der Waals surface area contributed by atoms with E-state index in [0.717, 1.165) is 25.1 Å². The first-order valence-electron chi connectivity index (χ1n) is 7.42. The van der Waals surface area contributed by atoms with Gasteiger partial charge in [0, 0.05) is 25.9 Å². The molecular weight excluding hydrogens is 284 g/mol. The van der Waals surface area contributed by atoms with Gasteiger partial charge < -0.3 is 20.1 Å². The number of nitrogens with zero attached hydrogens (tertiary/aromatic N) is 1. The third-order valence-electron chi connectivity index (χ3n) is 3.81. The van der Waals surface area contributed by atoms with Crippen LogP contribution in [-0.4, -0.2) is 45.3 Å². The van der Waals surface area contributed by atoms with Crippen LogP contribution in [0, 0.1) is 5.92 Å². The molecule has 0 radical (unpaired) electrons. The Balaban J connectivity index is 1.96. The van der Waals surface area contributed by atoms with Crippen molar-refractivity contribution < 1.29 is 19.1 Å². The summed E-state index contributed by atoms with van der Waals surface area (Å²) < 4.78 is 9.90. The minimum absolute atomic E-state index is 0.104. The molecule has 2 N–H and O–H groups in total. The van der Waals surface area contributed by atoms with Crippen LogP contribution in [0.3, 0.4) is 0 Å². The van der Waals surface area contributed by atoms with Crippen molar-refractivity contribution in [3.05, 3.63) is 29.8 Å².